The van der Waals surface area contributed by atoms with Crippen LogP contribution in [0.4, 0.5) is 0 Å². The van der Waals surface area contributed by atoms with Crippen LogP contribution >= 0.6 is 0 Å². The summed E-state index contributed by atoms with van der Waals surface area (Å²) in [4.78, 5) is 25.0. The van der Waals surface area contributed by atoms with Gasteiger partial charge in [-0.3, -0.25) is 0 Å². The second-order valence-corrected chi connectivity index (χ2v) is 6.08. The Morgan fingerprint density at radius 2 is 1.54 bits per heavy atom. The number of benzene rings is 1. The molecule has 0 amide bonds. The second-order valence-electron chi connectivity index (χ2n) is 6.08. The van der Waals surface area contributed by atoms with E-state index in [4.69, 9.17) is 14.2 Å². The Hall–Kier alpha value is -2.76. The first-order valence-electron chi connectivity index (χ1n) is 8.44. The Labute approximate surface area is 153 Å². The summed E-state index contributed by atoms with van der Waals surface area (Å²) in [6.45, 7) is 7.95. The molecule has 0 fully saturated rings. The van der Waals surface area contributed by atoms with Crippen molar-refractivity contribution in [1.29, 1.82) is 0 Å². The van der Waals surface area contributed by atoms with Gasteiger partial charge in [-0.2, -0.15) is 0 Å². The van der Waals surface area contributed by atoms with E-state index in [0.29, 0.717) is 34.9 Å². The van der Waals surface area contributed by atoms with Crippen LogP contribution in [0.2, 0.25) is 0 Å². The van der Waals surface area contributed by atoms with Crippen molar-refractivity contribution in [3.05, 3.63) is 51.9 Å². The molecule has 6 nitrogen and oxygen atoms in total. The number of dihydropyridines is 1. The smallest absolute Gasteiger partial charge is 0.336 e. The molecule has 1 aromatic carbocycles. The molecule has 2 rings (SSSR count). The van der Waals surface area contributed by atoms with Crippen molar-refractivity contribution in [3.63, 3.8) is 0 Å². The summed E-state index contributed by atoms with van der Waals surface area (Å²) in [5, 5.41) is 3.09. The molecule has 0 bridgehead atoms. The Balaban J connectivity index is 2.70. The van der Waals surface area contributed by atoms with Gasteiger partial charge in [-0.15, -0.1) is 0 Å². The molecule has 0 radical (unpaired) electrons. The molecule has 1 aliphatic heterocycles. The zero-order chi connectivity index (χ0) is 19.4. The van der Waals surface area contributed by atoms with Crippen LogP contribution in [-0.2, 0) is 19.1 Å². The number of esters is 2. The van der Waals surface area contributed by atoms with Gasteiger partial charge in [-0.1, -0.05) is 12.1 Å². The number of aryl methyl sites for hydroxylation is 1. The highest BCUT2D eigenvalue weighted by molar-refractivity contribution is 5.99. The zero-order valence-electron chi connectivity index (χ0n) is 16.1. The van der Waals surface area contributed by atoms with Gasteiger partial charge < -0.3 is 19.5 Å². The highest BCUT2D eigenvalue weighted by Gasteiger charge is 2.37. The maximum atomic E-state index is 12.5. The minimum absolute atomic E-state index is 0.379. The van der Waals surface area contributed by atoms with Crippen LogP contribution in [0.5, 0.6) is 5.75 Å². The highest BCUT2D eigenvalue weighted by Crippen LogP contribution is 2.40. The van der Waals surface area contributed by atoms with Gasteiger partial charge >= 0.3 is 11.9 Å². The van der Waals surface area contributed by atoms with Gasteiger partial charge in [0.2, 0.25) is 0 Å². The van der Waals surface area contributed by atoms with Gasteiger partial charge in [-0.05, 0) is 44.9 Å². The Morgan fingerprint density at radius 3 is 2.00 bits per heavy atom. The maximum Gasteiger partial charge on any atom is 0.336 e. The van der Waals surface area contributed by atoms with Crippen molar-refractivity contribution in [2.24, 2.45) is 0 Å². The third-order valence-electron chi connectivity index (χ3n) is 4.42. The van der Waals surface area contributed by atoms with Crippen molar-refractivity contribution in [1.82, 2.24) is 5.32 Å². The first-order valence-corrected chi connectivity index (χ1v) is 8.44. The van der Waals surface area contributed by atoms with Gasteiger partial charge in [0, 0.05) is 11.4 Å². The topological polar surface area (TPSA) is 73.9 Å². The summed E-state index contributed by atoms with van der Waals surface area (Å²) >= 11 is 0. The number of ether oxygens (including phenoxy) is 3. The lowest BCUT2D eigenvalue weighted by Crippen LogP contribution is -2.32. The number of carbonyl (C=O) groups is 2. The average Bonchev–Trinajstić information content (AvgIpc) is 2.62. The standard InChI is InChI=1S/C20H25NO5/c1-7-26-15-10-14(9-8-11(15)2)18-16(19(22)24-5)12(3)21-13(4)17(18)20(23)25-6/h8-10,18,21H,7H2,1-6H3. The molecular weight excluding hydrogens is 334 g/mol. The van der Waals surface area contributed by atoms with E-state index in [2.05, 4.69) is 5.32 Å². The normalized spacial score (nSPS) is 14.8. The maximum absolute atomic E-state index is 12.5. The van der Waals surface area contributed by atoms with Gasteiger partial charge in [-0.25, -0.2) is 9.59 Å². The van der Waals surface area contributed by atoms with Crippen molar-refractivity contribution < 1.29 is 23.8 Å². The van der Waals surface area contributed by atoms with Gasteiger partial charge in [0.15, 0.2) is 0 Å². The molecule has 1 heterocycles. The lowest BCUT2D eigenvalue weighted by atomic mass is 9.80. The summed E-state index contributed by atoms with van der Waals surface area (Å²) in [5.41, 5.74) is 3.79. The van der Waals surface area contributed by atoms with Crippen molar-refractivity contribution in [2.75, 3.05) is 20.8 Å². The molecule has 0 aromatic heterocycles. The molecule has 140 valence electrons. The third kappa shape index (κ3) is 3.59. The first-order chi connectivity index (χ1) is 12.3. The van der Waals surface area contributed by atoms with E-state index in [-0.39, 0.29) is 0 Å². The fourth-order valence-corrected chi connectivity index (χ4v) is 3.20. The van der Waals surface area contributed by atoms with Crippen molar-refractivity contribution >= 4 is 11.9 Å². The average molecular weight is 359 g/mol. The summed E-state index contributed by atoms with van der Waals surface area (Å²) in [6, 6.07) is 5.67. The summed E-state index contributed by atoms with van der Waals surface area (Å²) in [7, 11) is 2.65. The molecule has 26 heavy (non-hydrogen) atoms. The fraction of sp³-hybridized carbons (Fsp3) is 0.400. The quantitative estimate of drug-likeness (QED) is 0.815. The lowest BCUT2D eigenvalue weighted by molar-refractivity contribution is -0.137. The van der Waals surface area contributed by atoms with Crippen LogP contribution in [-0.4, -0.2) is 32.8 Å². The van der Waals surface area contributed by atoms with E-state index in [9.17, 15) is 9.59 Å². The van der Waals surface area contributed by atoms with Gasteiger partial charge in [0.25, 0.3) is 0 Å². The zero-order valence-corrected chi connectivity index (χ0v) is 16.1. The molecule has 0 saturated carbocycles. The van der Waals surface area contributed by atoms with Gasteiger partial charge in [0.05, 0.1) is 37.9 Å². The van der Waals surface area contributed by atoms with E-state index < -0.39 is 17.9 Å². The monoisotopic (exact) mass is 359 g/mol. The van der Waals surface area contributed by atoms with E-state index in [1.165, 1.54) is 14.2 Å². The number of methoxy groups -OCH3 is 2. The minimum atomic E-state index is -0.601. The number of hydrogen-bond donors (Lipinski definition) is 1. The van der Waals surface area contributed by atoms with E-state index in [0.717, 1.165) is 11.1 Å². The summed E-state index contributed by atoms with van der Waals surface area (Å²) < 4.78 is 15.6. The number of rotatable bonds is 5. The second kappa shape index (κ2) is 8.08. The fourth-order valence-electron chi connectivity index (χ4n) is 3.20. The predicted molar refractivity (Wildman–Crippen MR) is 97.7 cm³/mol. The van der Waals surface area contributed by atoms with E-state index in [1.807, 2.05) is 32.0 Å². The molecule has 0 aliphatic carbocycles. The number of nitrogens with one attached hydrogen (secondary N) is 1. The molecular formula is C20H25NO5. The molecule has 0 spiro atoms. The third-order valence-corrected chi connectivity index (χ3v) is 4.42. The van der Waals surface area contributed by atoms with E-state index >= 15 is 0 Å². The molecule has 1 aliphatic rings. The lowest BCUT2D eigenvalue weighted by Gasteiger charge is -2.30. The van der Waals surface area contributed by atoms with E-state index in [1.54, 1.807) is 13.8 Å². The van der Waals surface area contributed by atoms with Crippen LogP contribution in [0.3, 0.4) is 0 Å². The number of carbonyl (C=O) groups excluding carboxylic acids is 2. The summed E-state index contributed by atoms with van der Waals surface area (Å²) in [5.74, 6) is -0.872. The Bertz CT molecular complexity index is 753. The van der Waals surface area contributed by atoms with Crippen LogP contribution in [0.15, 0.2) is 40.7 Å². The Morgan fingerprint density at radius 1 is 1.00 bits per heavy atom. The molecule has 0 saturated heterocycles. The Kier molecular flexibility index (Phi) is 6.08. The SMILES string of the molecule is CCOc1cc(C2C(C(=O)OC)=C(C)NC(C)=C2C(=O)OC)ccc1C. The first kappa shape index (κ1) is 19.6. The molecule has 6 heteroatoms. The van der Waals surface area contributed by atoms with Crippen LogP contribution in [0.25, 0.3) is 0 Å². The largest absolute Gasteiger partial charge is 0.494 e. The molecule has 0 atom stereocenters. The van der Waals surface area contributed by atoms with Crippen LogP contribution < -0.4 is 10.1 Å². The predicted octanol–water partition coefficient (Wildman–Crippen LogP) is 2.97. The number of hydrogen-bond acceptors (Lipinski definition) is 6. The molecule has 1 N–H and O–H groups in total. The van der Waals surface area contributed by atoms with Crippen LogP contribution in [0.1, 0.15) is 37.8 Å². The number of allylic oxidation sites excluding steroid dienone is 2. The van der Waals surface area contributed by atoms with Crippen molar-refractivity contribution in [2.45, 2.75) is 33.6 Å². The van der Waals surface area contributed by atoms with Crippen LogP contribution in [0, 0.1) is 6.92 Å². The minimum Gasteiger partial charge on any atom is -0.494 e. The van der Waals surface area contributed by atoms with Crippen molar-refractivity contribution in [3.8, 4) is 5.75 Å². The summed E-state index contributed by atoms with van der Waals surface area (Å²) in [6.07, 6.45) is 0. The molecule has 0 unspecified atom stereocenters. The van der Waals surface area contributed by atoms with Gasteiger partial charge in [0.1, 0.15) is 5.75 Å². The highest BCUT2D eigenvalue weighted by atomic mass is 16.5. The molecule has 1 aromatic rings.